The molecule has 0 aromatic heterocycles. The standard InChI is InChI=1S/C18H19B2FO4/c1-13-3-5-17-14(9-13)11-24-19(17)22-7-2-8-23-20-18-6-4-16(21)10-15(18)12-25-20/h3-6,9-10H,2,7-8,11-12H2,1H3. The molecule has 2 aromatic rings. The van der Waals surface area contributed by atoms with Crippen molar-refractivity contribution in [2.24, 2.45) is 0 Å². The topological polar surface area (TPSA) is 36.9 Å². The minimum atomic E-state index is -0.415. The van der Waals surface area contributed by atoms with Gasteiger partial charge in [-0.3, -0.25) is 0 Å². The molecule has 4 nitrogen and oxygen atoms in total. The first-order valence-corrected chi connectivity index (χ1v) is 8.55. The molecule has 2 aliphatic heterocycles. The van der Waals surface area contributed by atoms with Gasteiger partial charge in [0.25, 0.3) is 0 Å². The molecule has 0 radical (unpaired) electrons. The molecule has 2 heterocycles. The molecular formula is C18H19B2FO4. The normalized spacial score (nSPS) is 15.6. The van der Waals surface area contributed by atoms with Crippen LogP contribution in [0.15, 0.2) is 36.4 Å². The molecule has 0 N–H and O–H groups in total. The molecule has 7 heteroatoms. The maximum Gasteiger partial charge on any atom is 0.494 e. The van der Waals surface area contributed by atoms with Crippen LogP contribution >= 0.6 is 0 Å². The predicted molar refractivity (Wildman–Crippen MR) is 94.5 cm³/mol. The van der Waals surface area contributed by atoms with Crippen LogP contribution in [0.5, 0.6) is 0 Å². The first kappa shape index (κ1) is 16.8. The predicted octanol–water partition coefficient (Wildman–Crippen LogP) is 1.71. The van der Waals surface area contributed by atoms with Crippen molar-refractivity contribution < 1.29 is 23.0 Å². The number of hydrogen-bond donors (Lipinski definition) is 0. The van der Waals surface area contributed by atoms with Crippen LogP contribution in [0.4, 0.5) is 4.39 Å². The van der Waals surface area contributed by atoms with E-state index in [0.717, 1.165) is 22.9 Å². The highest BCUT2D eigenvalue weighted by Crippen LogP contribution is 2.15. The van der Waals surface area contributed by atoms with Gasteiger partial charge in [0.05, 0.1) is 13.2 Å². The summed E-state index contributed by atoms with van der Waals surface area (Å²) in [7, 11) is -0.705. The lowest BCUT2D eigenvalue weighted by Gasteiger charge is -2.11. The average molecular weight is 340 g/mol. The zero-order valence-corrected chi connectivity index (χ0v) is 14.2. The lowest BCUT2D eigenvalue weighted by Crippen LogP contribution is -2.34. The summed E-state index contributed by atoms with van der Waals surface area (Å²) in [5.41, 5.74) is 5.30. The number of fused-ring (bicyclic) bond motifs is 2. The maximum absolute atomic E-state index is 13.2. The van der Waals surface area contributed by atoms with Gasteiger partial charge in [-0.2, -0.15) is 0 Å². The number of aryl methyl sites for hydroxylation is 1. The SMILES string of the molecule is Cc1ccc2c(c1)COB2OCCCOB1OCc2cc(F)ccc21. The molecule has 0 spiro atoms. The molecule has 25 heavy (non-hydrogen) atoms. The second-order valence-corrected chi connectivity index (χ2v) is 6.43. The van der Waals surface area contributed by atoms with E-state index in [9.17, 15) is 4.39 Å². The largest absolute Gasteiger partial charge is 0.494 e. The Balaban J connectivity index is 1.22. The fraction of sp³-hybridized carbons (Fsp3) is 0.333. The monoisotopic (exact) mass is 340 g/mol. The van der Waals surface area contributed by atoms with Crippen LogP contribution in [0.3, 0.4) is 0 Å². The fourth-order valence-electron chi connectivity index (χ4n) is 3.24. The average Bonchev–Trinajstić information content (AvgIpc) is 3.18. The smallest absolute Gasteiger partial charge is 0.407 e. The minimum absolute atomic E-state index is 0.247. The van der Waals surface area contributed by atoms with Crippen LogP contribution in [0, 0.1) is 12.7 Å². The molecule has 0 fully saturated rings. The Labute approximate surface area is 147 Å². The molecule has 0 unspecified atom stereocenters. The molecule has 128 valence electrons. The summed E-state index contributed by atoms with van der Waals surface area (Å²) in [6.45, 7) is 4.11. The van der Waals surface area contributed by atoms with Crippen molar-refractivity contribution in [1.82, 2.24) is 0 Å². The second-order valence-electron chi connectivity index (χ2n) is 6.43. The summed E-state index contributed by atoms with van der Waals surface area (Å²) < 4.78 is 36.0. The van der Waals surface area contributed by atoms with Crippen molar-refractivity contribution in [3.8, 4) is 0 Å². The lowest BCUT2D eigenvalue weighted by atomic mass is 9.78. The van der Waals surface area contributed by atoms with Gasteiger partial charge in [0, 0.05) is 13.2 Å². The van der Waals surface area contributed by atoms with Gasteiger partial charge in [0.1, 0.15) is 5.82 Å². The number of benzene rings is 2. The first-order valence-electron chi connectivity index (χ1n) is 8.55. The van der Waals surface area contributed by atoms with Crippen molar-refractivity contribution in [2.45, 2.75) is 26.6 Å². The van der Waals surface area contributed by atoms with Gasteiger partial charge in [-0.15, -0.1) is 0 Å². The Morgan fingerprint density at radius 1 is 0.920 bits per heavy atom. The Morgan fingerprint density at radius 3 is 2.20 bits per heavy atom. The summed E-state index contributed by atoms with van der Waals surface area (Å²) in [4.78, 5) is 0. The van der Waals surface area contributed by atoms with Crippen molar-refractivity contribution >= 4 is 25.2 Å². The summed E-state index contributed by atoms with van der Waals surface area (Å²) >= 11 is 0. The van der Waals surface area contributed by atoms with Crippen LogP contribution < -0.4 is 10.9 Å². The summed E-state index contributed by atoms with van der Waals surface area (Å²) in [5.74, 6) is -0.247. The van der Waals surface area contributed by atoms with Crippen LogP contribution in [0.25, 0.3) is 0 Å². The number of halogens is 1. The van der Waals surface area contributed by atoms with Gasteiger partial charge in [0.15, 0.2) is 0 Å². The van der Waals surface area contributed by atoms with E-state index in [2.05, 4.69) is 25.1 Å². The van der Waals surface area contributed by atoms with E-state index in [4.69, 9.17) is 18.6 Å². The molecular weight excluding hydrogens is 321 g/mol. The minimum Gasteiger partial charge on any atom is -0.407 e. The van der Waals surface area contributed by atoms with Crippen LogP contribution in [-0.4, -0.2) is 27.5 Å². The third-order valence-corrected chi connectivity index (χ3v) is 4.52. The zero-order valence-electron chi connectivity index (χ0n) is 14.2. The van der Waals surface area contributed by atoms with Gasteiger partial charge >= 0.3 is 14.2 Å². The third-order valence-electron chi connectivity index (χ3n) is 4.52. The van der Waals surface area contributed by atoms with Gasteiger partial charge in [-0.05, 0) is 47.5 Å². The molecule has 0 saturated heterocycles. The Kier molecular flexibility index (Phi) is 4.90. The molecule has 0 bridgehead atoms. The summed E-state index contributed by atoms with van der Waals surface area (Å²) in [6, 6.07) is 10.9. The highest BCUT2D eigenvalue weighted by Gasteiger charge is 2.32. The first-order chi connectivity index (χ1) is 12.2. The van der Waals surface area contributed by atoms with E-state index in [0.29, 0.717) is 26.4 Å². The van der Waals surface area contributed by atoms with Crippen molar-refractivity contribution in [2.75, 3.05) is 13.2 Å². The molecule has 0 aliphatic carbocycles. The molecule has 2 aromatic carbocycles. The molecule has 0 amide bonds. The van der Waals surface area contributed by atoms with Gasteiger partial charge in [-0.1, -0.05) is 29.8 Å². The van der Waals surface area contributed by atoms with Crippen LogP contribution in [0.1, 0.15) is 23.1 Å². The molecule has 0 atom stereocenters. The lowest BCUT2D eigenvalue weighted by molar-refractivity contribution is 0.174. The van der Waals surface area contributed by atoms with E-state index >= 15 is 0 Å². The van der Waals surface area contributed by atoms with E-state index in [1.54, 1.807) is 6.07 Å². The number of hydrogen-bond acceptors (Lipinski definition) is 4. The number of rotatable bonds is 6. The van der Waals surface area contributed by atoms with Crippen molar-refractivity contribution in [3.05, 3.63) is 58.9 Å². The van der Waals surface area contributed by atoms with Crippen molar-refractivity contribution in [1.29, 1.82) is 0 Å². The zero-order chi connectivity index (χ0) is 17.2. The Morgan fingerprint density at radius 2 is 1.52 bits per heavy atom. The highest BCUT2D eigenvalue weighted by molar-refractivity contribution is 6.63. The van der Waals surface area contributed by atoms with E-state index in [-0.39, 0.29) is 12.9 Å². The molecule has 2 aliphatic rings. The summed E-state index contributed by atoms with van der Waals surface area (Å²) in [6.07, 6.45) is 0.734. The maximum atomic E-state index is 13.2. The Bertz CT molecular complexity index is 707. The van der Waals surface area contributed by atoms with Crippen molar-refractivity contribution in [3.63, 3.8) is 0 Å². The molecule has 4 rings (SSSR count). The second kappa shape index (κ2) is 7.30. The van der Waals surface area contributed by atoms with Gasteiger partial charge < -0.3 is 18.6 Å². The summed E-state index contributed by atoms with van der Waals surface area (Å²) in [5, 5.41) is 0. The van der Waals surface area contributed by atoms with E-state index in [1.165, 1.54) is 23.3 Å². The molecule has 0 saturated carbocycles. The van der Waals surface area contributed by atoms with Gasteiger partial charge in [-0.25, -0.2) is 4.39 Å². The third kappa shape index (κ3) is 3.65. The van der Waals surface area contributed by atoms with Gasteiger partial charge in [0.2, 0.25) is 0 Å². The fourth-order valence-corrected chi connectivity index (χ4v) is 3.24. The van der Waals surface area contributed by atoms with Crippen LogP contribution in [0.2, 0.25) is 0 Å². The Hall–Kier alpha value is -1.66. The van der Waals surface area contributed by atoms with E-state index < -0.39 is 7.12 Å². The van der Waals surface area contributed by atoms with E-state index in [1.807, 2.05) is 0 Å². The highest BCUT2D eigenvalue weighted by atomic mass is 19.1. The van der Waals surface area contributed by atoms with Crippen LogP contribution in [-0.2, 0) is 31.8 Å². The quantitative estimate of drug-likeness (QED) is 0.593.